The van der Waals surface area contributed by atoms with Crippen molar-refractivity contribution in [2.75, 3.05) is 6.54 Å². The van der Waals surface area contributed by atoms with Crippen molar-refractivity contribution in [1.82, 2.24) is 5.32 Å². The van der Waals surface area contributed by atoms with Gasteiger partial charge in [0, 0.05) is 17.3 Å². The van der Waals surface area contributed by atoms with Crippen molar-refractivity contribution in [2.45, 2.75) is 25.4 Å². The predicted molar refractivity (Wildman–Crippen MR) is 73.8 cm³/mol. The number of amides is 1. The summed E-state index contributed by atoms with van der Waals surface area (Å²) in [6.07, 6.45) is 6.12. The van der Waals surface area contributed by atoms with Gasteiger partial charge in [0.1, 0.15) is 6.10 Å². The Morgan fingerprint density at radius 3 is 3.00 bits per heavy atom. The Hall–Kier alpha value is -0.840. The normalized spacial score (nSPS) is 20.7. The van der Waals surface area contributed by atoms with Crippen LogP contribution >= 0.6 is 22.9 Å². The molecule has 1 aliphatic rings. The highest BCUT2D eigenvalue weighted by molar-refractivity contribution is 7.16. The minimum absolute atomic E-state index is 0.0288. The van der Waals surface area contributed by atoms with Gasteiger partial charge in [0.25, 0.3) is 0 Å². The minimum Gasteiger partial charge on any atom is -0.386 e. The Bertz CT molecular complexity index is 444. The molecule has 0 saturated carbocycles. The second-order valence-corrected chi connectivity index (χ2v) is 6.13. The highest BCUT2D eigenvalue weighted by atomic mass is 35.5. The molecule has 3 nitrogen and oxygen atoms in total. The van der Waals surface area contributed by atoms with Crippen molar-refractivity contribution in [1.29, 1.82) is 0 Å². The van der Waals surface area contributed by atoms with E-state index < -0.39 is 6.10 Å². The summed E-state index contributed by atoms with van der Waals surface area (Å²) in [7, 11) is 0. The standard InChI is InChI=1S/C13H16ClNO2S/c14-12-7-6-11(18-12)10(16)8-15-13(17)9-4-2-1-3-5-9/h1-2,6-7,9-10,16H,3-5,8H2,(H,15,17). The number of aliphatic hydroxyl groups is 1. The molecule has 0 aromatic carbocycles. The summed E-state index contributed by atoms with van der Waals surface area (Å²) in [5.41, 5.74) is 0. The van der Waals surface area contributed by atoms with E-state index in [0.29, 0.717) is 4.34 Å². The zero-order chi connectivity index (χ0) is 13.0. The number of rotatable bonds is 4. The summed E-state index contributed by atoms with van der Waals surface area (Å²) in [6, 6.07) is 3.53. The first kappa shape index (κ1) is 13.6. The summed E-state index contributed by atoms with van der Waals surface area (Å²) in [5, 5.41) is 12.7. The molecule has 2 N–H and O–H groups in total. The maximum Gasteiger partial charge on any atom is 0.223 e. The van der Waals surface area contributed by atoms with E-state index in [1.54, 1.807) is 12.1 Å². The van der Waals surface area contributed by atoms with E-state index in [1.807, 2.05) is 6.08 Å². The lowest BCUT2D eigenvalue weighted by Crippen LogP contribution is -2.34. The lowest BCUT2D eigenvalue weighted by atomic mass is 9.93. The van der Waals surface area contributed by atoms with Gasteiger partial charge in [-0.15, -0.1) is 11.3 Å². The second kappa shape index (κ2) is 6.36. The van der Waals surface area contributed by atoms with Crippen LogP contribution in [0.2, 0.25) is 4.34 Å². The van der Waals surface area contributed by atoms with Crippen LogP contribution in [0.5, 0.6) is 0 Å². The number of allylic oxidation sites excluding steroid dienone is 2. The van der Waals surface area contributed by atoms with Crippen LogP contribution in [0.1, 0.15) is 30.2 Å². The first-order valence-electron chi connectivity index (χ1n) is 6.03. The average molecular weight is 286 g/mol. The van der Waals surface area contributed by atoms with E-state index in [1.165, 1.54) is 11.3 Å². The third-order valence-corrected chi connectivity index (χ3v) is 4.36. The Kier molecular flexibility index (Phi) is 4.80. The quantitative estimate of drug-likeness (QED) is 0.836. The molecule has 1 aromatic heterocycles. The van der Waals surface area contributed by atoms with Crippen molar-refractivity contribution < 1.29 is 9.90 Å². The van der Waals surface area contributed by atoms with Gasteiger partial charge in [-0.1, -0.05) is 23.8 Å². The van der Waals surface area contributed by atoms with Crippen molar-refractivity contribution in [3.8, 4) is 0 Å². The molecule has 2 rings (SSSR count). The maximum absolute atomic E-state index is 11.9. The first-order chi connectivity index (χ1) is 8.66. The summed E-state index contributed by atoms with van der Waals surface area (Å²) in [4.78, 5) is 12.6. The lowest BCUT2D eigenvalue weighted by Gasteiger charge is -2.18. The third-order valence-electron chi connectivity index (χ3n) is 3.03. The molecule has 1 aliphatic carbocycles. The van der Waals surface area contributed by atoms with Gasteiger partial charge in [-0.2, -0.15) is 0 Å². The topological polar surface area (TPSA) is 49.3 Å². The number of hydrogen-bond donors (Lipinski definition) is 2. The first-order valence-corrected chi connectivity index (χ1v) is 7.22. The summed E-state index contributed by atoms with van der Waals surface area (Å²) >= 11 is 7.14. The maximum atomic E-state index is 11.9. The molecule has 2 unspecified atom stereocenters. The fraction of sp³-hybridized carbons (Fsp3) is 0.462. The molecule has 0 bridgehead atoms. The van der Waals surface area contributed by atoms with Crippen molar-refractivity contribution in [2.24, 2.45) is 5.92 Å². The van der Waals surface area contributed by atoms with Gasteiger partial charge in [-0.05, 0) is 31.4 Å². The fourth-order valence-corrected chi connectivity index (χ4v) is 3.03. The number of hydrogen-bond acceptors (Lipinski definition) is 3. The summed E-state index contributed by atoms with van der Waals surface area (Å²) in [6.45, 7) is 0.246. The Morgan fingerprint density at radius 1 is 1.56 bits per heavy atom. The molecule has 1 aromatic rings. The van der Waals surface area contributed by atoms with Crippen molar-refractivity contribution in [3.05, 3.63) is 33.5 Å². The van der Waals surface area contributed by atoms with Crippen LogP contribution in [0.15, 0.2) is 24.3 Å². The summed E-state index contributed by atoms with van der Waals surface area (Å²) in [5.74, 6) is 0.0789. The van der Waals surface area contributed by atoms with Gasteiger partial charge >= 0.3 is 0 Å². The number of carbonyl (C=O) groups is 1. The van der Waals surface area contributed by atoms with Gasteiger partial charge < -0.3 is 10.4 Å². The number of nitrogens with one attached hydrogen (secondary N) is 1. The molecule has 0 fully saturated rings. The molecule has 2 atom stereocenters. The molecule has 0 saturated heterocycles. The highest BCUT2D eigenvalue weighted by Crippen LogP contribution is 2.26. The van der Waals surface area contributed by atoms with Gasteiger partial charge in [-0.3, -0.25) is 4.79 Å². The average Bonchev–Trinajstić information content (AvgIpc) is 2.83. The summed E-state index contributed by atoms with van der Waals surface area (Å²) < 4.78 is 0.646. The predicted octanol–water partition coefficient (Wildman–Crippen LogP) is 2.91. The van der Waals surface area contributed by atoms with Gasteiger partial charge in [0.2, 0.25) is 5.91 Å². The third kappa shape index (κ3) is 3.57. The molecular weight excluding hydrogens is 270 g/mol. The molecule has 0 aliphatic heterocycles. The van der Waals surface area contributed by atoms with Crippen molar-refractivity contribution >= 4 is 28.8 Å². The zero-order valence-corrected chi connectivity index (χ0v) is 11.5. The van der Waals surface area contributed by atoms with E-state index in [-0.39, 0.29) is 18.4 Å². The molecular formula is C13H16ClNO2S. The zero-order valence-electron chi connectivity index (χ0n) is 9.93. The second-order valence-electron chi connectivity index (χ2n) is 4.38. The number of carbonyl (C=O) groups excluding carboxylic acids is 1. The van der Waals surface area contributed by atoms with E-state index >= 15 is 0 Å². The molecule has 1 amide bonds. The van der Waals surface area contributed by atoms with Crippen LogP contribution < -0.4 is 5.32 Å². The number of halogens is 1. The Labute approximate surface area is 115 Å². The van der Waals surface area contributed by atoms with Crippen LogP contribution in [-0.4, -0.2) is 17.6 Å². The number of thiophene rings is 1. The SMILES string of the molecule is O=C(NCC(O)c1ccc(Cl)s1)C1CC=CCC1. The van der Waals surface area contributed by atoms with E-state index in [9.17, 15) is 9.90 Å². The largest absolute Gasteiger partial charge is 0.386 e. The van der Waals surface area contributed by atoms with Gasteiger partial charge in [0.05, 0.1) is 4.34 Å². The van der Waals surface area contributed by atoms with E-state index in [0.717, 1.165) is 24.1 Å². The molecule has 5 heteroatoms. The molecule has 0 radical (unpaired) electrons. The van der Waals surface area contributed by atoms with Gasteiger partial charge in [-0.25, -0.2) is 0 Å². The highest BCUT2D eigenvalue weighted by Gasteiger charge is 2.19. The molecule has 0 spiro atoms. The monoisotopic (exact) mass is 285 g/mol. The van der Waals surface area contributed by atoms with Crippen LogP contribution in [0, 0.1) is 5.92 Å². The van der Waals surface area contributed by atoms with Gasteiger partial charge in [0.15, 0.2) is 0 Å². The number of aliphatic hydroxyl groups excluding tert-OH is 1. The van der Waals surface area contributed by atoms with Crippen molar-refractivity contribution in [3.63, 3.8) is 0 Å². The Morgan fingerprint density at radius 2 is 2.39 bits per heavy atom. The van der Waals surface area contributed by atoms with Crippen LogP contribution in [0.3, 0.4) is 0 Å². The smallest absolute Gasteiger partial charge is 0.223 e. The fourth-order valence-electron chi connectivity index (χ4n) is 1.98. The molecule has 98 valence electrons. The van der Waals surface area contributed by atoms with Crippen LogP contribution in [0.4, 0.5) is 0 Å². The molecule has 18 heavy (non-hydrogen) atoms. The molecule has 1 heterocycles. The lowest BCUT2D eigenvalue weighted by molar-refractivity contribution is -0.125. The van der Waals surface area contributed by atoms with E-state index in [2.05, 4.69) is 11.4 Å². The minimum atomic E-state index is -0.675. The van der Waals surface area contributed by atoms with Crippen LogP contribution in [-0.2, 0) is 4.79 Å². The van der Waals surface area contributed by atoms with Crippen LogP contribution in [0.25, 0.3) is 0 Å². The Balaban J connectivity index is 1.80. The van der Waals surface area contributed by atoms with E-state index in [4.69, 9.17) is 11.6 Å².